The highest BCUT2D eigenvalue weighted by molar-refractivity contribution is 5.33. The van der Waals surface area contributed by atoms with Crippen LogP contribution in [-0.2, 0) is 6.42 Å². The first-order valence-corrected chi connectivity index (χ1v) is 7.80. The second-order valence-corrected chi connectivity index (χ2v) is 5.84. The van der Waals surface area contributed by atoms with Crippen LogP contribution in [0.1, 0.15) is 47.5 Å². The summed E-state index contributed by atoms with van der Waals surface area (Å²) in [6.45, 7) is 9.61. The summed E-state index contributed by atoms with van der Waals surface area (Å²) in [6.07, 6.45) is 2.29. The molecule has 112 valence electrons. The van der Waals surface area contributed by atoms with Gasteiger partial charge in [-0.2, -0.15) is 0 Å². The van der Waals surface area contributed by atoms with Gasteiger partial charge in [0.2, 0.25) is 0 Å². The molecule has 0 saturated heterocycles. The largest absolute Gasteiger partial charge is 0.310 e. The molecule has 0 saturated carbocycles. The molecule has 0 amide bonds. The fraction of sp³-hybridized carbons (Fsp3) is 0.421. The van der Waals surface area contributed by atoms with E-state index >= 15 is 0 Å². The molecular weight excluding hydrogens is 256 g/mol. The van der Waals surface area contributed by atoms with Gasteiger partial charge in [-0.05, 0) is 69.8 Å². The van der Waals surface area contributed by atoms with Crippen LogP contribution >= 0.6 is 0 Å². The molecule has 0 bridgehead atoms. The summed E-state index contributed by atoms with van der Waals surface area (Å²) in [5.41, 5.74) is 6.35. The Bertz CT molecular complexity index is 552. The first-order chi connectivity index (χ1) is 10.1. The molecule has 0 aliphatic heterocycles. The Hall–Kier alpha value is -1.67. The summed E-state index contributed by atoms with van der Waals surface area (Å²) < 4.78 is 0. The molecule has 0 spiro atoms. The van der Waals surface area contributed by atoms with Gasteiger partial charge in [0.15, 0.2) is 0 Å². The molecule has 0 radical (unpaired) electrons. The number of aromatic nitrogens is 1. The zero-order valence-electron chi connectivity index (χ0n) is 13.6. The van der Waals surface area contributed by atoms with E-state index in [1.807, 2.05) is 0 Å². The second-order valence-electron chi connectivity index (χ2n) is 5.84. The maximum absolute atomic E-state index is 4.59. The van der Waals surface area contributed by atoms with Crippen molar-refractivity contribution in [2.75, 3.05) is 6.54 Å². The minimum Gasteiger partial charge on any atom is -0.310 e. The Morgan fingerprint density at radius 3 is 2.48 bits per heavy atom. The number of aryl methyl sites for hydroxylation is 4. The Morgan fingerprint density at radius 1 is 1.10 bits per heavy atom. The fourth-order valence-corrected chi connectivity index (χ4v) is 3.05. The van der Waals surface area contributed by atoms with E-state index in [0.29, 0.717) is 6.04 Å². The third kappa shape index (κ3) is 4.40. The fourth-order valence-electron chi connectivity index (χ4n) is 3.05. The topological polar surface area (TPSA) is 24.9 Å². The van der Waals surface area contributed by atoms with Gasteiger partial charge in [0.1, 0.15) is 0 Å². The number of nitrogens with zero attached hydrogens (tertiary/aromatic N) is 1. The van der Waals surface area contributed by atoms with E-state index in [1.165, 1.54) is 16.7 Å². The van der Waals surface area contributed by atoms with Gasteiger partial charge in [0.05, 0.1) is 0 Å². The highest BCUT2D eigenvalue weighted by Crippen LogP contribution is 2.21. The van der Waals surface area contributed by atoms with Crippen molar-refractivity contribution in [3.05, 3.63) is 64.5 Å². The Morgan fingerprint density at radius 2 is 1.81 bits per heavy atom. The van der Waals surface area contributed by atoms with Crippen LogP contribution in [0.2, 0.25) is 0 Å². The molecule has 1 unspecified atom stereocenters. The normalized spacial score (nSPS) is 12.4. The predicted molar refractivity (Wildman–Crippen MR) is 89.6 cm³/mol. The van der Waals surface area contributed by atoms with E-state index in [0.717, 1.165) is 30.8 Å². The quantitative estimate of drug-likeness (QED) is 0.799. The van der Waals surface area contributed by atoms with E-state index in [1.54, 1.807) is 0 Å². The van der Waals surface area contributed by atoms with Crippen molar-refractivity contribution in [2.24, 2.45) is 0 Å². The summed E-state index contributed by atoms with van der Waals surface area (Å²) in [5, 5.41) is 3.63. The minimum atomic E-state index is 0.355. The molecule has 2 rings (SSSR count). The summed E-state index contributed by atoms with van der Waals surface area (Å²) in [5.74, 6) is 0. The van der Waals surface area contributed by atoms with Crippen LogP contribution in [0.15, 0.2) is 36.4 Å². The second kappa shape index (κ2) is 7.37. The average Bonchev–Trinajstić information content (AvgIpc) is 2.43. The van der Waals surface area contributed by atoms with Gasteiger partial charge < -0.3 is 5.32 Å². The maximum Gasteiger partial charge on any atom is 0.0426 e. The SMILES string of the molecule is Cc1cc(C)c(C(C)NCCCc2ccccc2)c(C)n1. The lowest BCUT2D eigenvalue weighted by molar-refractivity contribution is 0.552. The summed E-state index contributed by atoms with van der Waals surface area (Å²) in [4.78, 5) is 4.59. The zero-order chi connectivity index (χ0) is 15.2. The van der Waals surface area contributed by atoms with Crippen LogP contribution in [0.4, 0.5) is 0 Å². The lowest BCUT2D eigenvalue weighted by Gasteiger charge is -2.19. The summed E-state index contributed by atoms with van der Waals surface area (Å²) in [6, 6.07) is 13.2. The van der Waals surface area contributed by atoms with Crippen molar-refractivity contribution in [2.45, 2.75) is 46.6 Å². The monoisotopic (exact) mass is 282 g/mol. The number of nitrogens with one attached hydrogen (secondary N) is 1. The molecule has 0 aliphatic carbocycles. The maximum atomic E-state index is 4.59. The first-order valence-electron chi connectivity index (χ1n) is 7.80. The lowest BCUT2D eigenvalue weighted by atomic mass is 10.00. The molecule has 1 atom stereocenters. The molecule has 2 aromatic rings. The van der Waals surface area contributed by atoms with Gasteiger partial charge in [0, 0.05) is 17.4 Å². The van der Waals surface area contributed by atoms with Gasteiger partial charge >= 0.3 is 0 Å². The molecule has 2 heteroatoms. The predicted octanol–water partition coefficient (Wildman–Crippen LogP) is 4.29. The van der Waals surface area contributed by atoms with Crippen LogP contribution in [0.3, 0.4) is 0 Å². The number of benzene rings is 1. The van der Waals surface area contributed by atoms with Crippen LogP contribution in [0.25, 0.3) is 0 Å². The van der Waals surface area contributed by atoms with Gasteiger partial charge in [0.25, 0.3) is 0 Å². The molecule has 1 N–H and O–H groups in total. The Kier molecular flexibility index (Phi) is 5.51. The van der Waals surface area contributed by atoms with Crippen LogP contribution in [-0.4, -0.2) is 11.5 Å². The van der Waals surface area contributed by atoms with E-state index in [9.17, 15) is 0 Å². The van der Waals surface area contributed by atoms with Gasteiger partial charge in [-0.1, -0.05) is 30.3 Å². The smallest absolute Gasteiger partial charge is 0.0426 e. The van der Waals surface area contributed by atoms with Gasteiger partial charge in [-0.25, -0.2) is 0 Å². The van der Waals surface area contributed by atoms with Crippen LogP contribution in [0.5, 0.6) is 0 Å². The third-order valence-electron chi connectivity index (χ3n) is 3.95. The third-order valence-corrected chi connectivity index (χ3v) is 3.95. The summed E-state index contributed by atoms with van der Waals surface area (Å²) >= 11 is 0. The van der Waals surface area contributed by atoms with Crippen molar-refractivity contribution in [3.63, 3.8) is 0 Å². The van der Waals surface area contributed by atoms with Crippen LogP contribution < -0.4 is 5.32 Å². The van der Waals surface area contributed by atoms with Gasteiger partial charge in [-0.15, -0.1) is 0 Å². The zero-order valence-corrected chi connectivity index (χ0v) is 13.6. The number of pyridine rings is 1. The minimum absolute atomic E-state index is 0.355. The Balaban J connectivity index is 1.86. The summed E-state index contributed by atoms with van der Waals surface area (Å²) in [7, 11) is 0. The van der Waals surface area contributed by atoms with Crippen LogP contribution in [0, 0.1) is 20.8 Å². The molecule has 0 aliphatic rings. The van der Waals surface area contributed by atoms with Crippen molar-refractivity contribution in [3.8, 4) is 0 Å². The lowest BCUT2D eigenvalue weighted by Crippen LogP contribution is -2.22. The number of rotatable bonds is 6. The van der Waals surface area contributed by atoms with E-state index in [2.05, 4.69) is 74.4 Å². The molecule has 1 aromatic carbocycles. The average molecular weight is 282 g/mol. The molecule has 0 fully saturated rings. The highest BCUT2D eigenvalue weighted by atomic mass is 14.9. The van der Waals surface area contributed by atoms with Gasteiger partial charge in [-0.3, -0.25) is 4.98 Å². The number of hydrogen-bond acceptors (Lipinski definition) is 2. The standard InChI is InChI=1S/C19H26N2/c1-14-13-15(2)21-17(4)19(14)16(3)20-12-8-11-18-9-6-5-7-10-18/h5-7,9-10,13,16,20H,8,11-12H2,1-4H3. The van der Waals surface area contributed by atoms with E-state index in [-0.39, 0.29) is 0 Å². The van der Waals surface area contributed by atoms with Crippen molar-refractivity contribution < 1.29 is 0 Å². The Labute approximate surface area is 128 Å². The highest BCUT2D eigenvalue weighted by Gasteiger charge is 2.12. The number of hydrogen-bond donors (Lipinski definition) is 1. The molecule has 21 heavy (non-hydrogen) atoms. The van der Waals surface area contributed by atoms with Crippen molar-refractivity contribution in [1.29, 1.82) is 0 Å². The molecule has 1 aromatic heterocycles. The van der Waals surface area contributed by atoms with E-state index < -0.39 is 0 Å². The van der Waals surface area contributed by atoms with Crippen molar-refractivity contribution in [1.82, 2.24) is 10.3 Å². The molecule has 2 nitrogen and oxygen atoms in total. The molecule has 1 heterocycles. The van der Waals surface area contributed by atoms with E-state index in [4.69, 9.17) is 0 Å². The molecular formula is C19H26N2. The van der Waals surface area contributed by atoms with Crippen molar-refractivity contribution >= 4 is 0 Å². The first kappa shape index (κ1) is 15.7.